The van der Waals surface area contributed by atoms with Gasteiger partial charge in [0.15, 0.2) is 0 Å². The maximum absolute atomic E-state index is 6.34. The summed E-state index contributed by atoms with van der Waals surface area (Å²) in [5.41, 5.74) is 3.99. The van der Waals surface area contributed by atoms with E-state index in [2.05, 4.69) is 51.8 Å². The van der Waals surface area contributed by atoms with E-state index < -0.39 is 0 Å². The summed E-state index contributed by atoms with van der Waals surface area (Å²) in [5.74, 6) is 1.85. The Balaban J connectivity index is 1.80. The van der Waals surface area contributed by atoms with E-state index in [1.54, 1.807) is 0 Å². The van der Waals surface area contributed by atoms with Gasteiger partial charge in [0.1, 0.15) is 11.0 Å². The highest BCUT2D eigenvalue weighted by molar-refractivity contribution is 14.1. The highest BCUT2D eigenvalue weighted by Crippen LogP contribution is 2.44. The molecule has 2 aliphatic rings. The average Bonchev–Trinajstić information content (AvgIpc) is 3.21. The first-order valence-corrected chi connectivity index (χ1v) is 8.50. The number of benzene rings is 1. The molecule has 20 heavy (non-hydrogen) atoms. The Kier molecular flexibility index (Phi) is 3.22. The summed E-state index contributed by atoms with van der Waals surface area (Å²) in [6.07, 6.45) is 4.70. The number of hydrogen-bond donors (Lipinski definition) is 0. The molecule has 1 heterocycles. The van der Waals surface area contributed by atoms with Crippen LogP contribution in [0.5, 0.6) is 0 Å². The molecular weight excluding hydrogens is 383 g/mol. The molecule has 1 atom stereocenters. The molecule has 2 aromatic rings. The number of rotatable bonds is 2. The second-order valence-corrected chi connectivity index (χ2v) is 7.07. The van der Waals surface area contributed by atoms with E-state index in [9.17, 15) is 0 Å². The number of nitrogens with zero attached hydrogens (tertiary/aromatic N) is 2. The van der Waals surface area contributed by atoms with Crippen LogP contribution in [0.25, 0.3) is 0 Å². The molecule has 4 rings (SSSR count). The third kappa shape index (κ3) is 2.15. The zero-order valence-corrected chi connectivity index (χ0v) is 13.9. The molecule has 0 N–H and O–H groups in total. The number of hydrogen-bond acceptors (Lipinski definition) is 2. The Bertz CT molecular complexity index is 682. The molecular formula is C16H14ClIN2. The highest BCUT2D eigenvalue weighted by atomic mass is 127. The van der Waals surface area contributed by atoms with Crippen molar-refractivity contribution in [3.05, 3.63) is 55.6 Å². The minimum atomic E-state index is 0.318. The fourth-order valence-electron chi connectivity index (χ4n) is 3.06. The van der Waals surface area contributed by atoms with Crippen molar-refractivity contribution in [1.82, 2.24) is 9.97 Å². The molecule has 1 aromatic heterocycles. The van der Waals surface area contributed by atoms with E-state index in [4.69, 9.17) is 16.6 Å². The number of fused-ring (bicyclic) bond motifs is 1. The summed E-state index contributed by atoms with van der Waals surface area (Å²) >= 11 is 8.62. The first-order chi connectivity index (χ1) is 9.74. The summed E-state index contributed by atoms with van der Waals surface area (Å²) in [5, 5.41) is 0.627. The zero-order chi connectivity index (χ0) is 13.7. The molecule has 0 spiro atoms. The van der Waals surface area contributed by atoms with Crippen LogP contribution < -0.4 is 0 Å². The van der Waals surface area contributed by atoms with Gasteiger partial charge < -0.3 is 0 Å². The third-order valence-corrected chi connectivity index (χ3v) is 5.92. The largest absolute Gasteiger partial charge is 0.236 e. The first-order valence-electron chi connectivity index (χ1n) is 7.04. The Morgan fingerprint density at radius 2 is 1.90 bits per heavy atom. The minimum absolute atomic E-state index is 0.318. The molecule has 0 amide bonds. The normalized spacial score (nSPS) is 21.0. The Morgan fingerprint density at radius 1 is 1.10 bits per heavy atom. The van der Waals surface area contributed by atoms with Gasteiger partial charge in [0, 0.05) is 11.8 Å². The molecule has 4 heteroatoms. The van der Waals surface area contributed by atoms with E-state index in [0.717, 1.165) is 22.2 Å². The van der Waals surface area contributed by atoms with Gasteiger partial charge in [-0.3, -0.25) is 0 Å². The van der Waals surface area contributed by atoms with Gasteiger partial charge in [-0.1, -0.05) is 35.9 Å². The summed E-state index contributed by atoms with van der Waals surface area (Å²) in [4.78, 5) is 9.44. The van der Waals surface area contributed by atoms with Crippen LogP contribution in [-0.4, -0.2) is 9.97 Å². The van der Waals surface area contributed by atoms with E-state index in [1.165, 1.54) is 29.7 Å². The Labute approximate surface area is 137 Å². The van der Waals surface area contributed by atoms with Crippen LogP contribution in [0.3, 0.4) is 0 Å². The molecule has 1 unspecified atom stereocenters. The number of aromatic nitrogens is 2. The van der Waals surface area contributed by atoms with Crippen molar-refractivity contribution in [2.24, 2.45) is 0 Å². The molecule has 0 bridgehead atoms. The second kappa shape index (κ2) is 4.95. The maximum Gasteiger partial charge on any atom is 0.146 e. The molecule has 0 aliphatic heterocycles. The molecule has 0 saturated heterocycles. The maximum atomic E-state index is 6.34. The predicted molar refractivity (Wildman–Crippen MR) is 88.3 cm³/mol. The lowest BCUT2D eigenvalue weighted by molar-refractivity contribution is 0.716. The van der Waals surface area contributed by atoms with Crippen LogP contribution in [0.2, 0.25) is 5.15 Å². The van der Waals surface area contributed by atoms with Crippen molar-refractivity contribution in [3.8, 4) is 0 Å². The molecule has 1 saturated carbocycles. The van der Waals surface area contributed by atoms with Crippen LogP contribution in [0.15, 0.2) is 24.3 Å². The summed E-state index contributed by atoms with van der Waals surface area (Å²) in [6, 6.07) is 8.64. The lowest BCUT2D eigenvalue weighted by Gasteiger charge is -2.13. The van der Waals surface area contributed by atoms with Gasteiger partial charge in [-0.15, -0.1) is 0 Å². The van der Waals surface area contributed by atoms with Crippen LogP contribution >= 0.6 is 34.2 Å². The Morgan fingerprint density at radius 3 is 2.70 bits per heavy atom. The molecule has 2 aliphatic carbocycles. The van der Waals surface area contributed by atoms with Crippen LogP contribution in [-0.2, 0) is 6.42 Å². The monoisotopic (exact) mass is 396 g/mol. The quantitative estimate of drug-likeness (QED) is 0.544. The van der Waals surface area contributed by atoms with Crippen LogP contribution in [0.1, 0.15) is 53.7 Å². The molecule has 1 fully saturated rings. The highest BCUT2D eigenvalue weighted by Gasteiger charge is 2.32. The zero-order valence-electron chi connectivity index (χ0n) is 10.9. The van der Waals surface area contributed by atoms with E-state index in [1.807, 2.05) is 0 Å². The summed E-state index contributed by atoms with van der Waals surface area (Å²) in [6.45, 7) is 0. The molecule has 0 radical (unpaired) electrons. The van der Waals surface area contributed by atoms with Crippen molar-refractivity contribution in [1.29, 1.82) is 0 Å². The third-order valence-electron chi connectivity index (χ3n) is 4.26. The summed E-state index contributed by atoms with van der Waals surface area (Å²) in [7, 11) is 0. The van der Waals surface area contributed by atoms with Gasteiger partial charge in [0.2, 0.25) is 0 Å². The van der Waals surface area contributed by atoms with Gasteiger partial charge in [-0.25, -0.2) is 9.97 Å². The smallest absolute Gasteiger partial charge is 0.146 e. The van der Waals surface area contributed by atoms with E-state index in [0.29, 0.717) is 17.0 Å². The van der Waals surface area contributed by atoms with Gasteiger partial charge in [-0.2, -0.15) is 0 Å². The second-order valence-electron chi connectivity index (χ2n) is 5.64. The van der Waals surface area contributed by atoms with Crippen LogP contribution in [0.4, 0.5) is 0 Å². The SMILES string of the molecule is Clc1nc(C2CCc3ccccc32)nc(C2CC2)c1I. The van der Waals surface area contributed by atoms with Crippen molar-refractivity contribution >= 4 is 34.2 Å². The first kappa shape index (κ1) is 13.0. The van der Waals surface area contributed by atoms with Gasteiger partial charge in [-0.05, 0) is 59.4 Å². The Hall–Kier alpha value is -0.680. The van der Waals surface area contributed by atoms with Crippen LogP contribution in [0, 0.1) is 3.57 Å². The minimum Gasteiger partial charge on any atom is -0.236 e. The standard InChI is InChI=1S/C16H14ClIN2/c17-15-13(18)14(10-5-6-10)19-16(20-15)12-8-7-9-3-1-2-4-11(9)12/h1-4,10,12H,5-8H2. The van der Waals surface area contributed by atoms with Crippen molar-refractivity contribution in [3.63, 3.8) is 0 Å². The van der Waals surface area contributed by atoms with Crippen molar-refractivity contribution in [2.75, 3.05) is 0 Å². The number of aryl methyl sites for hydroxylation is 1. The summed E-state index contributed by atoms with van der Waals surface area (Å²) < 4.78 is 1.04. The fourth-order valence-corrected chi connectivity index (χ4v) is 3.93. The van der Waals surface area contributed by atoms with E-state index in [-0.39, 0.29) is 0 Å². The van der Waals surface area contributed by atoms with Gasteiger partial charge in [0.05, 0.1) is 9.26 Å². The van der Waals surface area contributed by atoms with E-state index >= 15 is 0 Å². The van der Waals surface area contributed by atoms with Gasteiger partial charge in [0.25, 0.3) is 0 Å². The fraction of sp³-hybridized carbons (Fsp3) is 0.375. The van der Waals surface area contributed by atoms with Crippen molar-refractivity contribution < 1.29 is 0 Å². The van der Waals surface area contributed by atoms with Crippen molar-refractivity contribution in [2.45, 2.75) is 37.5 Å². The number of halogens is 2. The predicted octanol–water partition coefficient (Wildman–Crippen LogP) is 4.69. The average molecular weight is 397 g/mol. The topological polar surface area (TPSA) is 25.8 Å². The molecule has 1 aromatic carbocycles. The lowest BCUT2D eigenvalue weighted by atomic mass is 10.0. The molecule has 2 nitrogen and oxygen atoms in total. The van der Waals surface area contributed by atoms with Gasteiger partial charge >= 0.3 is 0 Å². The molecule has 102 valence electrons. The lowest BCUT2D eigenvalue weighted by Crippen LogP contribution is -2.07.